The Morgan fingerprint density at radius 3 is 2.67 bits per heavy atom. The summed E-state index contributed by atoms with van der Waals surface area (Å²) in [5, 5.41) is 3.32. The lowest BCUT2D eigenvalue weighted by molar-refractivity contribution is 0.747. The predicted octanol–water partition coefficient (Wildman–Crippen LogP) is 2.27. The number of nitrogens with one attached hydrogen (secondary N) is 2. The van der Waals surface area contributed by atoms with E-state index in [2.05, 4.69) is 27.0 Å². The van der Waals surface area contributed by atoms with Crippen molar-refractivity contribution in [3.05, 3.63) is 11.9 Å². The second-order valence-corrected chi connectivity index (χ2v) is 5.02. The molecule has 1 rings (SSSR count). The molecule has 0 aliphatic carbocycles. The maximum atomic E-state index is 5.38. The maximum Gasteiger partial charge on any atom is 0.145 e. The Balaban J connectivity index is 2.36. The molecular formula is C12H23N5S. The van der Waals surface area contributed by atoms with Crippen molar-refractivity contribution in [3.8, 4) is 0 Å². The Morgan fingerprint density at radius 2 is 2.00 bits per heavy atom. The highest BCUT2D eigenvalue weighted by molar-refractivity contribution is 7.98. The van der Waals surface area contributed by atoms with Crippen molar-refractivity contribution in [2.24, 2.45) is 5.84 Å². The van der Waals surface area contributed by atoms with E-state index >= 15 is 0 Å². The van der Waals surface area contributed by atoms with Gasteiger partial charge in [-0.05, 0) is 24.9 Å². The lowest BCUT2D eigenvalue weighted by Crippen LogP contribution is -2.12. The highest BCUT2D eigenvalue weighted by Crippen LogP contribution is 2.11. The van der Waals surface area contributed by atoms with E-state index in [9.17, 15) is 0 Å². The summed E-state index contributed by atoms with van der Waals surface area (Å²) in [6.07, 6.45) is 6.64. The Hall–Kier alpha value is -1.01. The summed E-state index contributed by atoms with van der Waals surface area (Å²) < 4.78 is 0. The summed E-state index contributed by atoms with van der Waals surface area (Å²) in [6, 6.07) is 1.83. The largest absolute Gasteiger partial charge is 0.370 e. The van der Waals surface area contributed by atoms with Crippen LogP contribution in [0.25, 0.3) is 0 Å². The van der Waals surface area contributed by atoms with Gasteiger partial charge in [-0.1, -0.05) is 13.3 Å². The molecule has 0 radical (unpaired) electrons. The van der Waals surface area contributed by atoms with Gasteiger partial charge in [0, 0.05) is 19.0 Å². The van der Waals surface area contributed by atoms with Crippen molar-refractivity contribution in [3.63, 3.8) is 0 Å². The molecule has 4 N–H and O–H groups in total. The van der Waals surface area contributed by atoms with Crippen LogP contribution in [0, 0.1) is 0 Å². The molecule has 0 bridgehead atoms. The second-order valence-electron chi connectivity index (χ2n) is 4.03. The highest BCUT2D eigenvalue weighted by Gasteiger charge is 2.01. The van der Waals surface area contributed by atoms with Crippen LogP contribution in [0.4, 0.5) is 11.6 Å². The van der Waals surface area contributed by atoms with Gasteiger partial charge in [0.2, 0.25) is 0 Å². The summed E-state index contributed by atoms with van der Waals surface area (Å²) in [5.41, 5.74) is 2.57. The number of anilines is 2. The standard InChI is InChI=1S/C12H23N5S/c1-3-10-15-11(9-12(16-10)17-13)14-7-5-4-6-8-18-2/h9H,3-8,13H2,1-2H3,(H2,14,15,16,17). The van der Waals surface area contributed by atoms with Gasteiger partial charge in [0.05, 0.1) is 0 Å². The number of hydrazine groups is 1. The van der Waals surface area contributed by atoms with Crippen LogP contribution in [0.15, 0.2) is 6.07 Å². The van der Waals surface area contributed by atoms with Gasteiger partial charge in [-0.15, -0.1) is 0 Å². The van der Waals surface area contributed by atoms with Gasteiger partial charge >= 0.3 is 0 Å². The highest BCUT2D eigenvalue weighted by atomic mass is 32.2. The third-order valence-corrected chi connectivity index (χ3v) is 3.26. The molecule has 0 unspecified atom stereocenters. The van der Waals surface area contributed by atoms with Gasteiger partial charge in [-0.25, -0.2) is 15.8 Å². The molecule has 5 nitrogen and oxygen atoms in total. The molecule has 18 heavy (non-hydrogen) atoms. The number of aromatic nitrogens is 2. The van der Waals surface area contributed by atoms with Crippen LogP contribution < -0.4 is 16.6 Å². The maximum absolute atomic E-state index is 5.38. The molecule has 1 aromatic rings. The summed E-state index contributed by atoms with van der Waals surface area (Å²) in [6.45, 7) is 2.97. The molecule has 0 aromatic carbocycles. The number of nitrogens with zero attached hydrogens (tertiary/aromatic N) is 2. The first kappa shape index (κ1) is 15.0. The Labute approximate surface area is 113 Å². The summed E-state index contributed by atoms with van der Waals surface area (Å²) in [7, 11) is 0. The monoisotopic (exact) mass is 269 g/mol. The molecule has 0 spiro atoms. The second kappa shape index (κ2) is 8.99. The number of rotatable bonds is 9. The number of thioether (sulfide) groups is 1. The number of hydrogen-bond donors (Lipinski definition) is 3. The fourth-order valence-corrected chi connectivity index (χ4v) is 2.08. The van der Waals surface area contributed by atoms with E-state index in [1.54, 1.807) is 0 Å². The Kier molecular flexibility index (Phi) is 7.52. The van der Waals surface area contributed by atoms with E-state index in [4.69, 9.17) is 5.84 Å². The minimum absolute atomic E-state index is 0.659. The van der Waals surface area contributed by atoms with E-state index in [1.807, 2.05) is 24.8 Å². The summed E-state index contributed by atoms with van der Waals surface area (Å²) in [4.78, 5) is 8.66. The van der Waals surface area contributed by atoms with E-state index in [-0.39, 0.29) is 0 Å². The summed E-state index contributed by atoms with van der Waals surface area (Å²) in [5.74, 6) is 8.93. The number of aryl methyl sites for hydroxylation is 1. The quantitative estimate of drug-likeness (QED) is 0.363. The van der Waals surface area contributed by atoms with E-state index < -0.39 is 0 Å². The molecule has 0 saturated carbocycles. The van der Waals surface area contributed by atoms with Crippen LogP contribution in [0.1, 0.15) is 32.0 Å². The number of nitrogens with two attached hydrogens (primary N) is 1. The van der Waals surface area contributed by atoms with Gasteiger partial charge in [-0.3, -0.25) is 0 Å². The molecule has 0 aliphatic rings. The lowest BCUT2D eigenvalue weighted by atomic mass is 10.2. The van der Waals surface area contributed by atoms with Crippen molar-refractivity contribution in [2.75, 3.05) is 29.3 Å². The zero-order valence-electron chi connectivity index (χ0n) is 11.2. The molecule has 0 saturated heterocycles. The Morgan fingerprint density at radius 1 is 1.22 bits per heavy atom. The molecule has 6 heteroatoms. The van der Waals surface area contributed by atoms with Crippen LogP contribution in [-0.2, 0) is 6.42 Å². The average Bonchev–Trinajstić information content (AvgIpc) is 2.42. The molecule has 0 fully saturated rings. The first-order valence-electron chi connectivity index (χ1n) is 6.37. The van der Waals surface area contributed by atoms with Crippen LogP contribution in [-0.4, -0.2) is 28.5 Å². The topological polar surface area (TPSA) is 75.9 Å². The van der Waals surface area contributed by atoms with Crippen LogP contribution >= 0.6 is 11.8 Å². The van der Waals surface area contributed by atoms with Gasteiger partial charge < -0.3 is 10.7 Å². The third kappa shape index (κ3) is 5.55. The van der Waals surface area contributed by atoms with E-state index in [0.29, 0.717) is 5.82 Å². The minimum Gasteiger partial charge on any atom is -0.370 e. The molecule has 0 amide bonds. The van der Waals surface area contributed by atoms with Crippen molar-refractivity contribution in [1.82, 2.24) is 9.97 Å². The lowest BCUT2D eigenvalue weighted by Gasteiger charge is -2.08. The van der Waals surface area contributed by atoms with Crippen LogP contribution in [0.2, 0.25) is 0 Å². The number of hydrogen-bond acceptors (Lipinski definition) is 6. The van der Waals surface area contributed by atoms with E-state index in [0.717, 1.165) is 31.0 Å². The summed E-state index contributed by atoms with van der Waals surface area (Å²) >= 11 is 1.90. The van der Waals surface area contributed by atoms with Crippen molar-refractivity contribution < 1.29 is 0 Å². The first-order valence-corrected chi connectivity index (χ1v) is 7.77. The molecule has 0 aliphatic heterocycles. The van der Waals surface area contributed by atoms with Crippen molar-refractivity contribution >= 4 is 23.4 Å². The van der Waals surface area contributed by atoms with Gasteiger partial charge in [0.25, 0.3) is 0 Å². The van der Waals surface area contributed by atoms with Crippen molar-refractivity contribution in [1.29, 1.82) is 0 Å². The van der Waals surface area contributed by atoms with Crippen LogP contribution in [0.3, 0.4) is 0 Å². The molecule has 1 aromatic heterocycles. The molecule has 1 heterocycles. The van der Waals surface area contributed by atoms with Gasteiger partial charge in [0.15, 0.2) is 0 Å². The molecular weight excluding hydrogens is 246 g/mol. The first-order chi connectivity index (χ1) is 8.80. The Bertz CT molecular complexity index is 323. The van der Waals surface area contributed by atoms with Crippen molar-refractivity contribution in [2.45, 2.75) is 32.6 Å². The SMILES string of the molecule is CCc1nc(NN)cc(NCCCCCSC)n1. The fourth-order valence-electron chi connectivity index (χ4n) is 1.58. The van der Waals surface area contributed by atoms with Gasteiger partial charge in [0.1, 0.15) is 17.5 Å². The molecule has 102 valence electrons. The third-order valence-electron chi connectivity index (χ3n) is 2.57. The average molecular weight is 269 g/mol. The van der Waals surface area contributed by atoms with E-state index in [1.165, 1.54) is 18.6 Å². The minimum atomic E-state index is 0.659. The number of nitrogen functional groups attached to an aromatic ring is 1. The van der Waals surface area contributed by atoms with Crippen LogP contribution in [0.5, 0.6) is 0 Å². The smallest absolute Gasteiger partial charge is 0.145 e. The normalized spacial score (nSPS) is 10.4. The van der Waals surface area contributed by atoms with Gasteiger partial charge in [-0.2, -0.15) is 11.8 Å². The zero-order chi connectivity index (χ0) is 13.2. The number of unbranched alkanes of at least 4 members (excludes halogenated alkanes) is 2. The predicted molar refractivity (Wildman–Crippen MR) is 79.9 cm³/mol. The zero-order valence-corrected chi connectivity index (χ0v) is 12.0. The fraction of sp³-hybridized carbons (Fsp3) is 0.667. The molecule has 0 atom stereocenters.